The van der Waals surface area contributed by atoms with Crippen molar-refractivity contribution >= 4 is 27.5 Å². The van der Waals surface area contributed by atoms with Crippen molar-refractivity contribution in [1.29, 1.82) is 0 Å². The minimum Gasteiger partial charge on any atom is -0.352 e. The molecule has 0 spiro atoms. The molecular formula is C22H25N3OS. The Morgan fingerprint density at radius 2 is 1.85 bits per heavy atom. The van der Waals surface area contributed by atoms with E-state index in [4.69, 9.17) is 4.98 Å². The summed E-state index contributed by atoms with van der Waals surface area (Å²) in [6, 6.07) is 18.5. The molecule has 2 N–H and O–H groups in total. The van der Waals surface area contributed by atoms with Gasteiger partial charge in [-0.15, -0.1) is 11.3 Å². The average molecular weight is 380 g/mol. The van der Waals surface area contributed by atoms with Crippen molar-refractivity contribution in [2.24, 2.45) is 0 Å². The van der Waals surface area contributed by atoms with Crippen LogP contribution in [0.3, 0.4) is 0 Å². The standard InChI is InChI=1S/C22H25N3OS/c1-22(16-7-3-2-4-8-16,21(26)24-17-11-13-23-14-12-17)15-20-25-18-9-5-6-10-19(18)27-20/h2-10,17,23H,11-15H2,1H3,(H,24,26). The fraction of sp³-hybridized carbons (Fsp3) is 0.364. The SMILES string of the molecule is CC(Cc1nc2ccccc2s1)(C(=O)NC1CCNCC1)c1ccccc1. The van der Waals surface area contributed by atoms with Crippen molar-refractivity contribution in [2.45, 2.75) is 37.6 Å². The number of carbonyl (C=O) groups is 1. The molecule has 1 fully saturated rings. The highest BCUT2D eigenvalue weighted by atomic mass is 32.1. The van der Waals surface area contributed by atoms with Gasteiger partial charge in [0.2, 0.25) is 5.91 Å². The summed E-state index contributed by atoms with van der Waals surface area (Å²) in [5.41, 5.74) is 1.40. The van der Waals surface area contributed by atoms with E-state index in [1.54, 1.807) is 11.3 Å². The number of hydrogen-bond donors (Lipinski definition) is 2. The minimum absolute atomic E-state index is 0.0971. The van der Waals surface area contributed by atoms with Crippen molar-refractivity contribution in [3.8, 4) is 0 Å². The number of aromatic nitrogens is 1. The fourth-order valence-corrected chi connectivity index (χ4v) is 4.85. The van der Waals surface area contributed by atoms with Crippen LogP contribution in [0.15, 0.2) is 54.6 Å². The number of benzene rings is 2. The summed E-state index contributed by atoms with van der Waals surface area (Å²) in [7, 11) is 0. The predicted octanol–water partition coefficient (Wildman–Crippen LogP) is 3.66. The molecule has 1 atom stereocenters. The fourth-order valence-electron chi connectivity index (χ4n) is 3.73. The second kappa shape index (κ2) is 7.79. The zero-order valence-corrected chi connectivity index (χ0v) is 16.4. The first kappa shape index (κ1) is 18.1. The molecule has 1 aromatic heterocycles. The second-order valence-electron chi connectivity index (χ2n) is 7.45. The van der Waals surface area contributed by atoms with E-state index < -0.39 is 5.41 Å². The number of piperidine rings is 1. The van der Waals surface area contributed by atoms with Gasteiger partial charge in [0.05, 0.1) is 20.6 Å². The Morgan fingerprint density at radius 3 is 2.59 bits per heavy atom. The van der Waals surface area contributed by atoms with Crippen LogP contribution in [-0.4, -0.2) is 30.0 Å². The third kappa shape index (κ3) is 3.89. The van der Waals surface area contributed by atoms with Crippen LogP contribution >= 0.6 is 11.3 Å². The smallest absolute Gasteiger partial charge is 0.231 e. The molecule has 140 valence electrons. The molecule has 0 saturated carbocycles. The maximum Gasteiger partial charge on any atom is 0.231 e. The number of para-hydroxylation sites is 1. The highest BCUT2D eigenvalue weighted by Gasteiger charge is 2.37. The van der Waals surface area contributed by atoms with Gasteiger partial charge in [0, 0.05) is 12.5 Å². The third-order valence-electron chi connectivity index (χ3n) is 5.43. The monoisotopic (exact) mass is 379 g/mol. The molecule has 1 aliphatic rings. The number of hydrogen-bond acceptors (Lipinski definition) is 4. The molecule has 0 bridgehead atoms. The van der Waals surface area contributed by atoms with Gasteiger partial charge in [-0.25, -0.2) is 4.98 Å². The number of fused-ring (bicyclic) bond motifs is 1. The lowest BCUT2D eigenvalue weighted by Crippen LogP contribution is -2.50. The lowest BCUT2D eigenvalue weighted by atomic mass is 9.78. The van der Waals surface area contributed by atoms with E-state index in [1.807, 2.05) is 43.3 Å². The number of thiazole rings is 1. The minimum atomic E-state index is -0.639. The second-order valence-corrected chi connectivity index (χ2v) is 8.56. The quantitative estimate of drug-likeness (QED) is 0.711. The number of nitrogens with zero attached hydrogens (tertiary/aromatic N) is 1. The van der Waals surface area contributed by atoms with E-state index >= 15 is 0 Å². The van der Waals surface area contributed by atoms with Crippen LogP contribution in [0.5, 0.6) is 0 Å². The molecule has 2 heterocycles. The maximum absolute atomic E-state index is 13.4. The zero-order valence-electron chi connectivity index (χ0n) is 15.6. The van der Waals surface area contributed by atoms with Crippen molar-refractivity contribution in [2.75, 3.05) is 13.1 Å². The molecule has 1 unspecified atom stereocenters. The number of nitrogens with one attached hydrogen (secondary N) is 2. The summed E-state index contributed by atoms with van der Waals surface area (Å²) in [4.78, 5) is 18.2. The van der Waals surface area contributed by atoms with E-state index in [1.165, 1.54) is 4.70 Å². The van der Waals surface area contributed by atoms with Gasteiger partial charge in [-0.3, -0.25) is 4.79 Å². The maximum atomic E-state index is 13.4. The average Bonchev–Trinajstić information content (AvgIpc) is 3.11. The van der Waals surface area contributed by atoms with Crippen molar-refractivity contribution < 1.29 is 4.79 Å². The predicted molar refractivity (Wildman–Crippen MR) is 111 cm³/mol. The first-order valence-corrected chi connectivity index (χ1v) is 10.4. The molecule has 1 amide bonds. The van der Waals surface area contributed by atoms with Gasteiger partial charge in [0.15, 0.2) is 0 Å². The number of rotatable bonds is 5. The summed E-state index contributed by atoms with van der Waals surface area (Å²) >= 11 is 1.68. The van der Waals surface area contributed by atoms with Crippen LogP contribution in [0, 0.1) is 0 Å². The largest absolute Gasteiger partial charge is 0.352 e. The normalized spacial score (nSPS) is 17.5. The van der Waals surface area contributed by atoms with Gasteiger partial charge in [-0.2, -0.15) is 0 Å². The summed E-state index contributed by atoms with van der Waals surface area (Å²) in [6.45, 7) is 3.97. The summed E-state index contributed by atoms with van der Waals surface area (Å²) in [6.07, 6.45) is 2.57. The molecule has 4 rings (SSSR count). The van der Waals surface area contributed by atoms with Gasteiger partial charge in [0.25, 0.3) is 0 Å². The molecule has 1 aliphatic heterocycles. The zero-order chi connectivity index (χ0) is 18.7. The molecule has 5 heteroatoms. The summed E-state index contributed by atoms with van der Waals surface area (Å²) < 4.78 is 1.17. The topological polar surface area (TPSA) is 54.0 Å². The van der Waals surface area contributed by atoms with Crippen LogP contribution in [0.25, 0.3) is 10.2 Å². The van der Waals surface area contributed by atoms with E-state index in [0.717, 1.165) is 42.0 Å². The molecule has 3 aromatic rings. The van der Waals surface area contributed by atoms with Gasteiger partial charge in [-0.05, 0) is 50.6 Å². The van der Waals surface area contributed by atoms with Crippen LogP contribution in [-0.2, 0) is 16.6 Å². The number of amides is 1. The van der Waals surface area contributed by atoms with Crippen molar-refractivity contribution in [1.82, 2.24) is 15.6 Å². The first-order chi connectivity index (χ1) is 13.1. The Morgan fingerprint density at radius 1 is 1.15 bits per heavy atom. The van der Waals surface area contributed by atoms with Crippen molar-refractivity contribution in [3.63, 3.8) is 0 Å². The molecule has 0 radical (unpaired) electrons. The van der Waals surface area contributed by atoms with Crippen LogP contribution in [0.4, 0.5) is 0 Å². The van der Waals surface area contributed by atoms with Gasteiger partial charge in [0.1, 0.15) is 0 Å². The lowest BCUT2D eigenvalue weighted by Gasteiger charge is -2.32. The first-order valence-electron chi connectivity index (χ1n) is 9.57. The number of carbonyl (C=O) groups excluding carboxylic acids is 1. The van der Waals surface area contributed by atoms with E-state index in [-0.39, 0.29) is 11.9 Å². The van der Waals surface area contributed by atoms with Gasteiger partial charge < -0.3 is 10.6 Å². The molecule has 0 aliphatic carbocycles. The van der Waals surface area contributed by atoms with Crippen LogP contribution in [0.1, 0.15) is 30.3 Å². The Hall–Kier alpha value is -2.24. The highest BCUT2D eigenvalue weighted by Crippen LogP contribution is 2.32. The Balaban J connectivity index is 1.64. The van der Waals surface area contributed by atoms with Gasteiger partial charge in [-0.1, -0.05) is 42.5 Å². The molecule has 1 saturated heterocycles. The summed E-state index contributed by atoms with van der Waals surface area (Å²) in [5, 5.41) is 7.67. The Bertz CT molecular complexity index is 884. The molecule has 27 heavy (non-hydrogen) atoms. The molecule has 4 nitrogen and oxygen atoms in total. The summed E-state index contributed by atoms with van der Waals surface area (Å²) in [5.74, 6) is 0.0971. The van der Waals surface area contributed by atoms with Crippen LogP contribution < -0.4 is 10.6 Å². The highest BCUT2D eigenvalue weighted by molar-refractivity contribution is 7.18. The van der Waals surface area contributed by atoms with E-state index in [9.17, 15) is 4.79 Å². The van der Waals surface area contributed by atoms with Crippen LogP contribution in [0.2, 0.25) is 0 Å². The van der Waals surface area contributed by atoms with E-state index in [0.29, 0.717) is 6.42 Å². The van der Waals surface area contributed by atoms with Crippen molar-refractivity contribution in [3.05, 3.63) is 65.2 Å². The van der Waals surface area contributed by atoms with E-state index in [2.05, 4.69) is 28.8 Å². The van der Waals surface area contributed by atoms with Gasteiger partial charge >= 0.3 is 0 Å². The Kier molecular flexibility index (Phi) is 5.23. The molecule has 2 aromatic carbocycles. The molecular weight excluding hydrogens is 354 g/mol. The lowest BCUT2D eigenvalue weighted by molar-refractivity contribution is -0.127. The Labute approximate surface area is 164 Å². The third-order valence-corrected chi connectivity index (χ3v) is 6.47.